The predicted molar refractivity (Wildman–Crippen MR) is 96.2 cm³/mol. The lowest BCUT2D eigenvalue weighted by atomic mass is 10.2. The number of halogens is 1. The van der Waals surface area contributed by atoms with Crippen LogP contribution in [0.2, 0.25) is 5.02 Å². The molecule has 6 nitrogen and oxygen atoms in total. The highest BCUT2D eigenvalue weighted by atomic mass is 35.5. The molecule has 24 heavy (non-hydrogen) atoms. The van der Waals surface area contributed by atoms with E-state index in [2.05, 4.69) is 20.4 Å². The van der Waals surface area contributed by atoms with Crippen molar-refractivity contribution in [2.24, 2.45) is 0 Å². The van der Waals surface area contributed by atoms with Gasteiger partial charge in [-0.2, -0.15) is 0 Å². The number of carbonyl (C=O) groups is 2. The molecule has 1 fully saturated rings. The number of nitrogens with one attached hydrogen (secondary N) is 2. The van der Waals surface area contributed by atoms with Gasteiger partial charge in [0.2, 0.25) is 11.8 Å². The molecule has 1 aromatic rings. The lowest BCUT2D eigenvalue weighted by molar-refractivity contribution is -0.124. The van der Waals surface area contributed by atoms with Crippen LogP contribution in [0.3, 0.4) is 0 Å². The molecular weight excluding hydrogens is 328 g/mol. The molecule has 2 rings (SSSR count). The molecule has 1 atom stereocenters. The summed E-state index contributed by atoms with van der Waals surface area (Å²) in [6.07, 6.45) is 0. The fourth-order valence-corrected chi connectivity index (χ4v) is 2.84. The van der Waals surface area contributed by atoms with Crippen molar-refractivity contribution in [3.05, 3.63) is 29.3 Å². The normalized spacial score (nSPS) is 17.3. The number of anilines is 1. The zero-order valence-electron chi connectivity index (χ0n) is 14.2. The molecule has 0 radical (unpaired) electrons. The van der Waals surface area contributed by atoms with E-state index in [-0.39, 0.29) is 17.9 Å². The Bertz CT molecular complexity index is 556. The minimum absolute atomic E-state index is 0.0329. The number of nitrogens with zero attached hydrogens (tertiary/aromatic N) is 2. The minimum Gasteiger partial charge on any atom is -0.355 e. The predicted octanol–water partition coefficient (Wildman–Crippen LogP) is 1.42. The highest BCUT2D eigenvalue weighted by Crippen LogP contribution is 2.15. The molecule has 1 saturated heterocycles. The van der Waals surface area contributed by atoms with Crippen LogP contribution < -0.4 is 10.6 Å². The molecule has 1 heterocycles. The number of amides is 2. The van der Waals surface area contributed by atoms with Gasteiger partial charge in [0.25, 0.3) is 0 Å². The van der Waals surface area contributed by atoms with Crippen molar-refractivity contribution >= 4 is 29.1 Å². The van der Waals surface area contributed by atoms with Gasteiger partial charge in [-0.1, -0.05) is 11.6 Å². The standard InChI is InChI=1S/C17H25ClN4O2/c1-3-19-16(23)12-21-8-10-22(11-9-21)13(2)17(24)20-15-6-4-14(18)5-7-15/h4-7,13H,3,8-12H2,1-2H3,(H,19,23)(H,20,24). The maximum absolute atomic E-state index is 12.4. The number of piperazine rings is 1. The number of carbonyl (C=O) groups excluding carboxylic acids is 2. The molecule has 1 aliphatic rings. The first-order valence-electron chi connectivity index (χ1n) is 8.29. The third kappa shape index (κ3) is 5.47. The first-order valence-corrected chi connectivity index (χ1v) is 8.67. The largest absolute Gasteiger partial charge is 0.355 e. The number of hydrogen-bond donors (Lipinski definition) is 2. The van der Waals surface area contributed by atoms with Gasteiger partial charge in [0.1, 0.15) is 0 Å². The van der Waals surface area contributed by atoms with Crippen LogP contribution in [0.5, 0.6) is 0 Å². The van der Waals surface area contributed by atoms with Crippen molar-refractivity contribution in [2.75, 3.05) is 44.6 Å². The van der Waals surface area contributed by atoms with Gasteiger partial charge in [0, 0.05) is 43.4 Å². The van der Waals surface area contributed by atoms with Crippen LogP contribution in [0.1, 0.15) is 13.8 Å². The number of likely N-dealkylation sites (N-methyl/N-ethyl adjacent to an activating group) is 1. The smallest absolute Gasteiger partial charge is 0.241 e. The van der Waals surface area contributed by atoms with Crippen molar-refractivity contribution in [2.45, 2.75) is 19.9 Å². The van der Waals surface area contributed by atoms with Crippen LogP contribution in [0, 0.1) is 0 Å². The van der Waals surface area contributed by atoms with Crippen LogP contribution >= 0.6 is 11.6 Å². The van der Waals surface area contributed by atoms with Gasteiger partial charge >= 0.3 is 0 Å². The second kappa shape index (κ2) is 9.01. The summed E-state index contributed by atoms with van der Waals surface area (Å²) in [5.41, 5.74) is 0.742. The Hall–Kier alpha value is -1.63. The SMILES string of the molecule is CCNC(=O)CN1CCN(C(C)C(=O)Nc2ccc(Cl)cc2)CC1. The van der Waals surface area contributed by atoms with Crippen molar-refractivity contribution < 1.29 is 9.59 Å². The van der Waals surface area contributed by atoms with Gasteiger partial charge in [0.05, 0.1) is 12.6 Å². The molecule has 0 saturated carbocycles. The maximum Gasteiger partial charge on any atom is 0.241 e. The van der Waals surface area contributed by atoms with E-state index >= 15 is 0 Å². The van der Waals surface area contributed by atoms with E-state index in [1.807, 2.05) is 13.8 Å². The van der Waals surface area contributed by atoms with Crippen LogP contribution in [0.4, 0.5) is 5.69 Å². The Morgan fingerprint density at radius 3 is 2.38 bits per heavy atom. The van der Waals surface area contributed by atoms with Crippen LogP contribution in [0.25, 0.3) is 0 Å². The van der Waals surface area contributed by atoms with E-state index in [9.17, 15) is 9.59 Å². The van der Waals surface area contributed by atoms with Crippen molar-refractivity contribution in [3.63, 3.8) is 0 Å². The highest BCUT2D eigenvalue weighted by molar-refractivity contribution is 6.30. The lowest BCUT2D eigenvalue weighted by Gasteiger charge is -2.37. The van der Waals surface area contributed by atoms with Gasteiger partial charge in [-0.15, -0.1) is 0 Å². The van der Waals surface area contributed by atoms with E-state index < -0.39 is 0 Å². The molecule has 132 valence electrons. The molecule has 2 N–H and O–H groups in total. The molecule has 0 bridgehead atoms. The quantitative estimate of drug-likeness (QED) is 0.812. The van der Waals surface area contributed by atoms with Gasteiger partial charge in [-0.05, 0) is 38.1 Å². The van der Waals surface area contributed by atoms with Crippen LogP contribution in [0.15, 0.2) is 24.3 Å². The molecule has 2 amide bonds. The van der Waals surface area contributed by atoms with E-state index in [1.165, 1.54) is 0 Å². The van der Waals surface area contributed by atoms with Gasteiger partial charge < -0.3 is 10.6 Å². The van der Waals surface area contributed by atoms with Crippen molar-refractivity contribution in [1.29, 1.82) is 0 Å². The first-order chi connectivity index (χ1) is 11.5. The zero-order valence-corrected chi connectivity index (χ0v) is 15.0. The summed E-state index contributed by atoms with van der Waals surface area (Å²) in [5.74, 6) is 0.0222. The van der Waals surface area contributed by atoms with E-state index in [4.69, 9.17) is 11.6 Å². The fourth-order valence-electron chi connectivity index (χ4n) is 2.71. The molecule has 7 heteroatoms. The average Bonchev–Trinajstić information content (AvgIpc) is 2.57. The van der Waals surface area contributed by atoms with E-state index in [1.54, 1.807) is 24.3 Å². The van der Waals surface area contributed by atoms with Crippen LogP contribution in [-0.4, -0.2) is 66.9 Å². The third-order valence-corrected chi connectivity index (χ3v) is 4.44. The summed E-state index contributed by atoms with van der Waals surface area (Å²) in [6.45, 7) is 8.02. The zero-order chi connectivity index (χ0) is 17.5. The van der Waals surface area contributed by atoms with Crippen LogP contribution in [-0.2, 0) is 9.59 Å². The summed E-state index contributed by atoms with van der Waals surface area (Å²) in [7, 11) is 0. The molecule has 1 aromatic carbocycles. The fraction of sp³-hybridized carbons (Fsp3) is 0.529. The highest BCUT2D eigenvalue weighted by Gasteiger charge is 2.26. The van der Waals surface area contributed by atoms with E-state index in [0.29, 0.717) is 18.1 Å². The summed E-state index contributed by atoms with van der Waals surface area (Å²) in [5, 5.41) is 6.36. The molecule has 0 aliphatic carbocycles. The molecule has 1 unspecified atom stereocenters. The third-order valence-electron chi connectivity index (χ3n) is 4.19. The number of rotatable bonds is 6. The Kier molecular flexibility index (Phi) is 7.02. The van der Waals surface area contributed by atoms with E-state index in [0.717, 1.165) is 31.9 Å². The number of benzene rings is 1. The van der Waals surface area contributed by atoms with Gasteiger partial charge in [-0.3, -0.25) is 19.4 Å². The van der Waals surface area contributed by atoms with Crippen molar-refractivity contribution in [3.8, 4) is 0 Å². The second-order valence-electron chi connectivity index (χ2n) is 5.94. The number of hydrogen-bond acceptors (Lipinski definition) is 4. The molecule has 0 aromatic heterocycles. The molecule has 0 spiro atoms. The minimum atomic E-state index is -0.215. The average molecular weight is 353 g/mol. The maximum atomic E-state index is 12.4. The Morgan fingerprint density at radius 2 is 1.79 bits per heavy atom. The monoisotopic (exact) mass is 352 g/mol. The van der Waals surface area contributed by atoms with Gasteiger partial charge in [0.15, 0.2) is 0 Å². The summed E-state index contributed by atoms with van der Waals surface area (Å²) >= 11 is 5.85. The van der Waals surface area contributed by atoms with Crippen molar-refractivity contribution in [1.82, 2.24) is 15.1 Å². The lowest BCUT2D eigenvalue weighted by Crippen LogP contribution is -2.54. The summed E-state index contributed by atoms with van der Waals surface area (Å²) < 4.78 is 0. The second-order valence-corrected chi connectivity index (χ2v) is 6.37. The molecular formula is C17H25ClN4O2. The Labute approximate surface area is 148 Å². The Balaban J connectivity index is 1.79. The first kappa shape index (κ1) is 18.7. The molecule has 1 aliphatic heterocycles. The topological polar surface area (TPSA) is 64.7 Å². The summed E-state index contributed by atoms with van der Waals surface area (Å²) in [4.78, 5) is 28.3. The van der Waals surface area contributed by atoms with Gasteiger partial charge in [-0.25, -0.2) is 0 Å². The summed E-state index contributed by atoms with van der Waals surface area (Å²) in [6, 6.07) is 6.87. The Morgan fingerprint density at radius 1 is 1.17 bits per heavy atom.